The van der Waals surface area contributed by atoms with Gasteiger partial charge in [-0.15, -0.1) is 11.3 Å². The van der Waals surface area contributed by atoms with E-state index in [0.29, 0.717) is 10.6 Å². The third kappa shape index (κ3) is 3.45. The van der Waals surface area contributed by atoms with E-state index in [1.165, 1.54) is 10.4 Å². The first-order valence-corrected chi connectivity index (χ1v) is 10.5. The molecule has 1 N–H and O–H groups in total. The zero-order valence-corrected chi connectivity index (χ0v) is 17.3. The fourth-order valence-electron chi connectivity index (χ4n) is 3.80. The molecule has 0 saturated heterocycles. The van der Waals surface area contributed by atoms with Crippen LogP contribution in [0.2, 0.25) is 0 Å². The number of anilines is 1. The number of hydrogen-bond donors (Lipinski definition) is 1. The number of carbonyl (C=O) groups excluding carboxylic acids is 1. The van der Waals surface area contributed by atoms with E-state index in [-0.39, 0.29) is 17.7 Å². The maximum atomic E-state index is 12.7. The van der Waals surface area contributed by atoms with Crippen molar-refractivity contribution in [2.75, 3.05) is 5.32 Å². The molecule has 0 saturated carbocycles. The van der Waals surface area contributed by atoms with E-state index in [0.717, 1.165) is 47.8 Å². The van der Waals surface area contributed by atoms with Crippen LogP contribution in [0.1, 0.15) is 60.7 Å². The second-order valence-electron chi connectivity index (χ2n) is 8.47. The monoisotopic (exact) mass is 392 g/mol. The fourth-order valence-corrected chi connectivity index (χ4v) is 5.06. The summed E-state index contributed by atoms with van der Waals surface area (Å²) in [5.74, 6) is -0.112. The van der Waals surface area contributed by atoms with Crippen LogP contribution in [0.25, 0.3) is 11.0 Å². The SMILES string of the molecule is CC(C)(C)c1ccc2occ(CC(=O)Nc3sc4c(c3C#N)CCCC4)c2c1. The molecule has 1 aromatic carbocycles. The van der Waals surface area contributed by atoms with Crippen LogP contribution in [0.3, 0.4) is 0 Å². The zero-order valence-electron chi connectivity index (χ0n) is 16.5. The highest BCUT2D eigenvalue weighted by molar-refractivity contribution is 7.16. The van der Waals surface area contributed by atoms with Gasteiger partial charge < -0.3 is 9.73 Å². The topological polar surface area (TPSA) is 66.0 Å². The molecule has 5 heteroatoms. The van der Waals surface area contributed by atoms with Crippen LogP contribution in [0.5, 0.6) is 0 Å². The van der Waals surface area contributed by atoms with E-state index in [1.54, 1.807) is 17.6 Å². The lowest BCUT2D eigenvalue weighted by atomic mass is 9.86. The normalized spacial score (nSPS) is 13.9. The molecule has 28 heavy (non-hydrogen) atoms. The number of thiophene rings is 1. The highest BCUT2D eigenvalue weighted by Crippen LogP contribution is 2.38. The summed E-state index contributed by atoms with van der Waals surface area (Å²) >= 11 is 1.56. The molecule has 2 aromatic heterocycles. The van der Waals surface area contributed by atoms with Crippen LogP contribution >= 0.6 is 11.3 Å². The van der Waals surface area contributed by atoms with Crippen molar-refractivity contribution >= 4 is 33.2 Å². The second-order valence-corrected chi connectivity index (χ2v) is 9.58. The lowest BCUT2D eigenvalue weighted by Gasteiger charge is -2.18. The maximum absolute atomic E-state index is 12.7. The van der Waals surface area contributed by atoms with E-state index < -0.39 is 0 Å². The van der Waals surface area contributed by atoms with E-state index in [4.69, 9.17) is 4.42 Å². The highest BCUT2D eigenvalue weighted by Gasteiger charge is 2.22. The Hall–Kier alpha value is -2.58. The summed E-state index contributed by atoms with van der Waals surface area (Å²) in [5, 5.41) is 14.2. The van der Waals surface area contributed by atoms with Gasteiger partial charge in [0.05, 0.1) is 18.2 Å². The van der Waals surface area contributed by atoms with Crippen molar-refractivity contribution < 1.29 is 9.21 Å². The van der Waals surface area contributed by atoms with Gasteiger partial charge in [-0.1, -0.05) is 26.8 Å². The molecule has 0 fully saturated rings. The molecule has 0 aliphatic heterocycles. The standard InChI is InChI=1S/C23H24N2O2S/c1-23(2,3)15-8-9-19-17(11-15)14(13-27-19)10-21(26)25-22-18(12-24)16-6-4-5-7-20(16)28-22/h8-9,11,13H,4-7,10H2,1-3H3,(H,25,26). The molecule has 0 unspecified atom stereocenters. The second kappa shape index (κ2) is 7.10. The Morgan fingerprint density at radius 1 is 1.29 bits per heavy atom. The van der Waals surface area contributed by atoms with Crippen LogP contribution in [-0.2, 0) is 29.5 Å². The van der Waals surface area contributed by atoms with Crippen molar-refractivity contribution in [3.63, 3.8) is 0 Å². The predicted molar refractivity (Wildman–Crippen MR) is 113 cm³/mol. The Labute approximate surface area is 169 Å². The Bertz CT molecular complexity index is 1090. The summed E-state index contributed by atoms with van der Waals surface area (Å²) in [6, 6.07) is 8.46. The van der Waals surface area contributed by atoms with Gasteiger partial charge >= 0.3 is 0 Å². The average molecular weight is 393 g/mol. The summed E-state index contributed by atoms with van der Waals surface area (Å²) in [7, 11) is 0. The number of furan rings is 1. The van der Waals surface area contributed by atoms with Gasteiger partial charge in [0, 0.05) is 15.8 Å². The van der Waals surface area contributed by atoms with Gasteiger partial charge in [-0.25, -0.2) is 0 Å². The van der Waals surface area contributed by atoms with Crippen molar-refractivity contribution in [3.05, 3.63) is 51.6 Å². The number of amides is 1. The smallest absolute Gasteiger partial charge is 0.229 e. The molecule has 1 aliphatic carbocycles. The molecule has 0 radical (unpaired) electrons. The van der Waals surface area contributed by atoms with Crippen molar-refractivity contribution in [1.82, 2.24) is 0 Å². The van der Waals surface area contributed by atoms with Crippen molar-refractivity contribution in [1.29, 1.82) is 5.26 Å². The van der Waals surface area contributed by atoms with Crippen LogP contribution in [0.15, 0.2) is 28.9 Å². The molecule has 0 atom stereocenters. The van der Waals surface area contributed by atoms with Crippen LogP contribution < -0.4 is 5.32 Å². The number of hydrogen-bond acceptors (Lipinski definition) is 4. The number of rotatable bonds is 3. The highest BCUT2D eigenvalue weighted by atomic mass is 32.1. The number of nitriles is 1. The Balaban J connectivity index is 1.58. The van der Waals surface area contributed by atoms with Crippen molar-refractivity contribution in [2.45, 2.75) is 58.3 Å². The number of fused-ring (bicyclic) bond motifs is 2. The molecule has 4 rings (SSSR count). The number of nitrogens with zero attached hydrogens (tertiary/aromatic N) is 1. The van der Waals surface area contributed by atoms with Gasteiger partial charge in [-0.05, 0) is 54.4 Å². The summed E-state index contributed by atoms with van der Waals surface area (Å²) in [5.41, 5.74) is 4.69. The average Bonchev–Trinajstić information content (AvgIpc) is 3.21. The van der Waals surface area contributed by atoms with Crippen LogP contribution in [-0.4, -0.2) is 5.91 Å². The van der Waals surface area contributed by atoms with Crippen LogP contribution in [0, 0.1) is 11.3 Å². The molecular weight excluding hydrogens is 368 g/mol. The minimum Gasteiger partial charge on any atom is -0.464 e. The lowest BCUT2D eigenvalue weighted by Crippen LogP contribution is -2.14. The molecule has 3 aromatic rings. The van der Waals surface area contributed by atoms with Gasteiger partial charge in [0.25, 0.3) is 0 Å². The molecular formula is C23H24N2O2S. The third-order valence-electron chi connectivity index (χ3n) is 5.41. The first-order chi connectivity index (χ1) is 13.4. The van der Waals surface area contributed by atoms with Crippen molar-refractivity contribution in [3.8, 4) is 6.07 Å². The zero-order chi connectivity index (χ0) is 19.9. The number of benzene rings is 1. The van der Waals surface area contributed by atoms with Gasteiger partial charge in [0.1, 0.15) is 16.7 Å². The van der Waals surface area contributed by atoms with Crippen LogP contribution in [0.4, 0.5) is 5.00 Å². The van der Waals surface area contributed by atoms with Gasteiger partial charge in [-0.2, -0.15) is 5.26 Å². The van der Waals surface area contributed by atoms with E-state index in [2.05, 4.69) is 44.3 Å². The molecule has 1 aliphatic rings. The predicted octanol–water partition coefficient (Wildman–Crippen LogP) is 5.72. The molecule has 4 nitrogen and oxygen atoms in total. The molecule has 0 bridgehead atoms. The Morgan fingerprint density at radius 2 is 2.07 bits per heavy atom. The third-order valence-corrected chi connectivity index (χ3v) is 6.61. The first-order valence-electron chi connectivity index (χ1n) is 9.72. The largest absolute Gasteiger partial charge is 0.464 e. The Kier molecular flexibility index (Phi) is 4.76. The Morgan fingerprint density at radius 3 is 2.82 bits per heavy atom. The summed E-state index contributed by atoms with van der Waals surface area (Å²) in [4.78, 5) is 14.0. The lowest BCUT2D eigenvalue weighted by molar-refractivity contribution is -0.115. The number of aryl methyl sites for hydroxylation is 1. The molecule has 2 heterocycles. The minimum atomic E-state index is -0.112. The molecule has 1 amide bonds. The minimum absolute atomic E-state index is 0.0305. The molecule has 144 valence electrons. The summed E-state index contributed by atoms with van der Waals surface area (Å²) in [6.07, 6.45) is 6.11. The summed E-state index contributed by atoms with van der Waals surface area (Å²) < 4.78 is 5.65. The first kappa shape index (κ1) is 18.8. The van der Waals surface area contributed by atoms with Crippen molar-refractivity contribution in [2.24, 2.45) is 0 Å². The number of carbonyl (C=O) groups is 1. The van der Waals surface area contributed by atoms with E-state index >= 15 is 0 Å². The molecule has 0 spiro atoms. The maximum Gasteiger partial charge on any atom is 0.229 e. The van der Waals surface area contributed by atoms with Gasteiger partial charge in [0.2, 0.25) is 5.91 Å². The quantitative estimate of drug-likeness (QED) is 0.619. The number of nitrogens with one attached hydrogen (secondary N) is 1. The fraction of sp³-hybridized carbons (Fsp3) is 0.391. The summed E-state index contributed by atoms with van der Waals surface area (Å²) in [6.45, 7) is 6.51. The van der Waals surface area contributed by atoms with Gasteiger partial charge in [0.15, 0.2) is 0 Å². The van der Waals surface area contributed by atoms with E-state index in [9.17, 15) is 10.1 Å². The van der Waals surface area contributed by atoms with Gasteiger partial charge in [-0.3, -0.25) is 4.79 Å². The van der Waals surface area contributed by atoms with E-state index in [1.807, 2.05) is 6.07 Å².